The molecule has 0 fully saturated rings. The van der Waals surface area contributed by atoms with Crippen LogP contribution in [0.5, 0.6) is 0 Å². The molecule has 0 aromatic heterocycles. The topological polar surface area (TPSA) is 0 Å². The summed E-state index contributed by atoms with van der Waals surface area (Å²) < 4.78 is 0. The van der Waals surface area contributed by atoms with Crippen LogP contribution < -0.4 is 0 Å². The highest BCUT2D eigenvalue weighted by molar-refractivity contribution is 6.92. The zero-order valence-corrected chi connectivity index (χ0v) is 80.0. The molecule has 0 aliphatic heterocycles. The van der Waals surface area contributed by atoms with Gasteiger partial charge in [-0.2, -0.15) is 0 Å². The Bertz CT molecular complexity index is 5690. The van der Waals surface area contributed by atoms with Crippen LogP contribution in [0.25, 0.3) is 154 Å². The highest BCUT2D eigenvalue weighted by Crippen LogP contribution is 2.63. The van der Waals surface area contributed by atoms with E-state index in [0.29, 0.717) is 66.5 Å². The Labute approximate surface area is 723 Å². The summed E-state index contributed by atoms with van der Waals surface area (Å²) in [6.07, 6.45) is 0. The third kappa shape index (κ3) is 13.8. The fraction of sp³-hybridized carbons (Fsp3) is 0.310. The van der Waals surface area contributed by atoms with Gasteiger partial charge in [0.15, 0.2) is 0 Å². The zero-order valence-electron chi connectivity index (χ0n) is 76.0. The van der Waals surface area contributed by atoms with Crippen LogP contribution >= 0.6 is 0 Å². The van der Waals surface area contributed by atoms with Gasteiger partial charge in [-0.3, -0.25) is 0 Å². The molecule has 0 saturated heterocycles. The van der Waals surface area contributed by atoms with Crippen molar-refractivity contribution in [2.24, 2.45) is 0 Å². The van der Waals surface area contributed by atoms with E-state index < -0.39 is 32.3 Å². The number of fused-ring (bicyclic) bond motifs is 14. The summed E-state index contributed by atoms with van der Waals surface area (Å²) in [5.41, 5.74) is 48.7. The predicted molar refractivity (Wildman–Crippen MR) is 540 cm³/mol. The molecule has 0 amide bonds. The first-order valence-electron chi connectivity index (χ1n) is 45.1. The van der Waals surface area contributed by atoms with E-state index in [2.05, 4.69) is 455 Å². The summed E-state index contributed by atoms with van der Waals surface area (Å²) in [4.78, 5) is 0. The average Bonchev–Trinajstić information content (AvgIpc) is 0.685. The molecule has 2 aliphatic rings. The van der Waals surface area contributed by atoms with E-state index in [9.17, 15) is 0 Å². The van der Waals surface area contributed by atoms with Crippen molar-refractivity contribution in [2.75, 3.05) is 0 Å². The molecule has 0 atom stereocenters. The maximum Gasteiger partial charge on any atom is 0.146 e. The van der Waals surface area contributed by atoms with E-state index in [1.54, 1.807) is 0 Å². The van der Waals surface area contributed by atoms with Crippen molar-refractivity contribution in [3.63, 3.8) is 0 Å². The highest BCUT2D eigenvalue weighted by atomic mass is 28.3. The molecule has 4 heteroatoms. The quantitative estimate of drug-likeness (QED) is 0.0514. The minimum atomic E-state index is -2.06. The first-order valence-corrected chi connectivity index (χ1v) is 54.0. The van der Waals surface area contributed by atoms with E-state index in [-0.39, 0.29) is 0 Å². The van der Waals surface area contributed by atoms with Gasteiger partial charge in [0.25, 0.3) is 0 Å². The summed E-state index contributed by atoms with van der Waals surface area (Å²) >= 11 is 0. The van der Waals surface area contributed by atoms with E-state index >= 15 is 0 Å². The van der Waals surface area contributed by atoms with Crippen LogP contribution in [0.15, 0.2) is 243 Å². The van der Waals surface area contributed by atoms with E-state index in [1.165, 1.54) is 154 Å². The molecular formula is C116H124Si4. The van der Waals surface area contributed by atoms with Gasteiger partial charge in [-0.05, 0) is 244 Å². The molecule has 0 saturated carbocycles. The third-order valence-electron chi connectivity index (χ3n) is 29.2. The van der Waals surface area contributed by atoms with Crippen LogP contribution in [0.2, 0.25) is 66.5 Å². The zero-order chi connectivity index (χ0) is 85.3. The molecule has 0 nitrogen and oxygen atoms in total. The first-order chi connectivity index (χ1) is 57.5. The Balaban J connectivity index is 0.000000187. The second-order valence-corrected chi connectivity index (χ2v) is 60.9. The molecule has 120 heavy (non-hydrogen) atoms. The van der Waals surface area contributed by atoms with Gasteiger partial charge < -0.3 is 0 Å². The molecule has 604 valence electrons. The maximum absolute atomic E-state index is 4.18. The normalized spacial score (nSPS) is 12.6. The van der Waals surface area contributed by atoms with Crippen LogP contribution in [0.3, 0.4) is 0 Å². The molecule has 2 aliphatic carbocycles. The lowest BCUT2D eigenvalue weighted by molar-refractivity contribution is 0.838. The second kappa shape index (κ2) is 33.6. The summed E-state index contributed by atoms with van der Waals surface area (Å²) in [5, 5.41) is 15.0. The largest absolute Gasteiger partial charge is 0.146 e. The Hall–Kier alpha value is -10.3. The Morgan fingerprint density at radius 1 is 0.158 bits per heavy atom. The standard InChI is InChI=1S/2C58H62Si2/c2*1-37(2)59(38(3)4,39(5)6)33-31-47-45-27-19-20-28-46(45)48(32-34-60(40(7)8,41(9)10)42(11)12)52-36-54-53(35-51(47)52)57-55(43-23-15-13-16-24-43)49-29-21-22-30-50(49)56(58(54)57)44-25-17-14-18-26-44/h2*13-30,35-42H,1-12H3. The van der Waals surface area contributed by atoms with Crippen molar-refractivity contribution in [3.05, 3.63) is 265 Å². The van der Waals surface area contributed by atoms with Gasteiger partial charge in [-0.15, -0.1) is 22.2 Å². The van der Waals surface area contributed by atoms with Crippen molar-refractivity contribution in [1.29, 1.82) is 0 Å². The van der Waals surface area contributed by atoms with Gasteiger partial charge >= 0.3 is 0 Å². The van der Waals surface area contributed by atoms with Gasteiger partial charge in [0.05, 0.1) is 0 Å². The minimum Gasteiger partial charge on any atom is -0.125 e. The van der Waals surface area contributed by atoms with Crippen molar-refractivity contribution >= 4 is 96.9 Å². The van der Waals surface area contributed by atoms with E-state index in [4.69, 9.17) is 0 Å². The molecule has 0 heterocycles. The molecule has 14 aromatic rings. The monoisotopic (exact) mass is 1630 g/mol. The van der Waals surface area contributed by atoms with Crippen molar-refractivity contribution in [3.8, 4) is 135 Å². The Morgan fingerprint density at radius 3 is 0.450 bits per heavy atom. The number of hydrogen-bond acceptors (Lipinski definition) is 0. The fourth-order valence-electron chi connectivity index (χ4n) is 23.7. The molecule has 0 spiro atoms. The van der Waals surface area contributed by atoms with Gasteiger partial charge in [-0.1, -0.05) is 408 Å². The first kappa shape index (κ1) is 84.8. The summed E-state index contributed by atoms with van der Waals surface area (Å²) in [6, 6.07) is 90.4. The Kier molecular flexibility index (Phi) is 23.8. The summed E-state index contributed by atoms with van der Waals surface area (Å²) in [7, 11) is -8.23. The number of rotatable bonds is 16. The van der Waals surface area contributed by atoms with Crippen LogP contribution in [-0.4, -0.2) is 32.3 Å². The molecule has 16 rings (SSSR count). The van der Waals surface area contributed by atoms with Gasteiger partial charge in [0.2, 0.25) is 0 Å². The molecule has 0 bridgehead atoms. The molecule has 0 unspecified atom stereocenters. The predicted octanol–water partition coefficient (Wildman–Crippen LogP) is 34.5. The summed E-state index contributed by atoms with van der Waals surface area (Å²) in [5.74, 6) is 16.2. The molecular weight excluding hydrogens is 1510 g/mol. The fourth-order valence-corrected chi connectivity index (χ4v) is 44.5. The van der Waals surface area contributed by atoms with Gasteiger partial charge in [-0.25, -0.2) is 0 Å². The Morgan fingerprint density at radius 2 is 0.300 bits per heavy atom. The van der Waals surface area contributed by atoms with Crippen molar-refractivity contribution in [1.82, 2.24) is 0 Å². The summed E-state index contributed by atoms with van der Waals surface area (Å²) in [6.45, 7) is 58.1. The smallest absolute Gasteiger partial charge is 0.125 e. The van der Waals surface area contributed by atoms with Crippen LogP contribution in [0.4, 0.5) is 0 Å². The van der Waals surface area contributed by atoms with Crippen LogP contribution in [0, 0.1) is 45.9 Å². The maximum atomic E-state index is 4.18. The minimum absolute atomic E-state index is 0.542. The second-order valence-electron chi connectivity index (χ2n) is 38.6. The van der Waals surface area contributed by atoms with Gasteiger partial charge in [0, 0.05) is 22.3 Å². The van der Waals surface area contributed by atoms with Crippen LogP contribution in [-0.2, 0) is 0 Å². The lowest BCUT2D eigenvalue weighted by atomic mass is 9.69. The van der Waals surface area contributed by atoms with Crippen molar-refractivity contribution < 1.29 is 0 Å². The lowest BCUT2D eigenvalue weighted by Crippen LogP contribution is -2.43. The molecule has 14 aromatic carbocycles. The third-order valence-corrected chi connectivity index (χ3v) is 54.3. The van der Waals surface area contributed by atoms with Crippen molar-refractivity contribution in [2.45, 2.75) is 233 Å². The average molecular weight is 1630 g/mol. The number of hydrogen-bond donors (Lipinski definition) is 0. The lowest BCUT2D eigenvalue weighted by Gasteiger charge is -2.38. The SMILES string of the molecule is CC(C)[Si](C#Cc1c2ccccc2c(C#C[Si](C(C)C)(C(C)C)C(C)C)c2cc3c(cc12)-c1c-3c(-c2ccccc2)c2ccccc2c1-c1ccccc1)(C(C)C)C(C)C.CC(C)[Si](C#Cc1c2ccccc2c(C#C[Si](C(C)C)(C(C)C)C(C)C)c2cc3c(cc12)-c1c-3c(-c2ccccc2)c2ccccc2c1-c1ccccc1)(C(C)C)C(C)C. The molecule has 0 radical (unpaired) electrons. The molecule has 0 N–H and O–H groups in total. The van der Waals surface area contributed by atoms with E-state index in [0.717, 1.165) is 22.3 Å². The van der Waals surface area contributed by atoms with E-state index in [1.807, 2.05) is 0 Å². The highest BCUT2D eigenvalue weighted by Gasteiger charge is 2.46. The number of benzene rings is 14. The van der Waals surface area contributed by atoms with Gasteiger partial charge in [0.1, 0.15) is 32.3 Å². The van der Waals surface area contributed by atoms with Crippen LogP contribution in [0.1, 0.15) is 188 Å².